The average Bonchev–Trinajstić information content (AvgIpc) is 1.72. The van der Waals surface area contributed by atoms with Gasteiger partial charge in [0.1, 0.15) is 102 Å². The Morgan fingerprint density at radius 1 is 0.454 bits per heavy atom. The molecule has 0 amide bonds. The van der Waals surface area contributed by atoms with Crippen molar-refractivity contribution < 1.29 is 0 Å². The van der Waals surface area contributed by atoms with Crippen molar-refractivity contribution in [3.8, 4) is 24.7 Å². The van der Waals surface area contributed by atoms with Crippen LogP contribution in [0.3, 0.4) is 0 Å². The molecule has 32 heteroatoms. The third-order valence-corrected chi connectivity index (χ3v) is 17.5. The molecule has 97 heavy (non-hydrogen) atoms. The van der Waals surface area contributed by atoms with Gasteiger partial charge in [-0.3, -0.25) is 0 Å². The fraction of sp³-hybridized carbons (Fsp3) is 0.0615. The summed E-state index contributed by atoms with van der Waals surface area (Å²) in [6.45, 7) is 1.53. The first-order valence-electron chi connectivity index (χ1n) is 29.0. The van der Waals surface area contributed by atoms with E-state index in [1.54, 1.807) is 23.1 Å². The van der Waals surface area contributed by atoms with Crippen molar-refractivity contribution >= 4 is 416 Å². The average molecular weight is 1150 g/mol. The molecule has 0 bridgehead atoms. The number of benzene rings is 8. The maximum Gasteiger partial charge on any atom is 0.113 e. The van der Waals surface area contributed by atoms with E-state index in [4.69, 9.17) is 248 Å². The summed E-state index contributed by atoms with van der Waals surface area (Å²) in [6, 6.07) is 14.6. The molecule has 0 heterocycles. The molecule has 0 atom stereocenters. The van der Waals surface area contributed by atoms with Crippen molar-refractivity contribution in [3.05, 3.63) is 139 Å². The summed E-state index contributed by atoms with van der Waals surface area (Å²) in [7, 11) is 201. The van der Waals surface area contributed by atoms with Gasteiger partial charge in [-0.15, -0.1) is 51.1 Å². The Kier molecular flexibility index (Phi) is 22.1. The van der Waals surface area contributed by atoms with Crippen LogP contribution in [0, 0.1) is 24.7 Å². The molecule has 2 nitrogen and oxygen atoms in total. The molecule has 1 aliphatic rings. The van der Waals surface area contributed by atoms with Crippen molar-refractivity contribution in [1.29, 1.82) is 0 Å². The Hall–Kier alpha value is -6.74. The molecular weight excluding hydrogens is 1130 g/mol. The molecule has 0 fully saturated rings. The number of nitrogens with zero attached hydrogens (tertiary/aromatic N) is 2. The molecule has 0 unspecified atom stereocenters. The smallest absolute Gasteiger partial charge is 0.112 e. The van der Waals surface area contributed by atoms with Gasteiger partial charge < -0.3 is 0 Å². The van der Waals surface area contributed by atoms with Gasteiger partial charge in [-0.1, -0.05) is 39.6 Å². The van der Waals surface area contributed by atoms with E-state index in [1.807, 2.05) is 36.4 Å². The van der Waals surface area contributed by atoms with Crippen molar-refractivity contribution in [3.63, 3.8) is 0 Å². The summed E-state index contributed by atoms with van der Waals surface area (Å²) in [5, 5.41) is 3.07. The number of allylic oxidation sites excluding steroid dienone is 15. The summed E-state index contributed by atoms with van der Waals surface area (Å²) in [6.07, 6.45) is 14.9. The predicted octanol–water partition coefficient (Wildman–Crippen LogP) is -12.7. The molecule has 0 saturated carbocycles. The first-order chi connectivity index (χ1) is 45.6. The molecule has 8 aromatic carbocycles. The van der Waals surface area contributed by atoms with Crippen molar-refractivity contribution in [2.45, 2.75) is 26.0 Å². The number of rotatable bonds is 16. The quantitative estimate of drug-likeness (QED) is 0.0412. The van der Waals surface area contributed by atoms with Gasteiger partial charge in [-0.2, -0.15) is 0 Å². The standard InChI is InChI=1S/C65H21B30N2/c1-4-28(69)41(71)42(72)33(18-67)96(29(5-2)26(38-47(77)55(85)61(91)56(86)48(38)78)15-23(17-66)37-45(75)53(83)60(90)54(84)46(37)76)30-12-8-20-7-11-25-31(13-9-21-6-10-24(30)34(20)35(21)25)97(64(65(94)95)63(93)40(70)19(3)68)32-16-22(36-43(73)51(81)59(89)52(82)44(36)74)14-27(32)39-49(79)57(87)62(92)58(88)50(39)80/h1-2,6-15H,16-18H2,3H3/b23-15+,29-26-,40-19-,41-28-,42-33-,64-63-. The minimum absolute atomic E-state index is 0.00304. The van der Waals surface area contributed by atoms with Crippen LogP contribution < -0.4 is 119 Å². The Labute approximate surface area is 610 Å². The normalized spacial score (nSPS) is 13.9. The SMILES string of the molecule is [B]C/C(=C\C(=C(/C#C)N(/C(C[B])=C([B])/C([B])=C(/[B])C#C)c1ccc2ccc3c(N(C4=C(c5c([B])c([B])c([B])c([B])c5[B])C=C(c5c([B])c([B])c([B])c([B])c5[B])C4)/C(C([B])=[B])=C([B])/C([B])=C(/[B])C)ccc4ccc1c2c43)c1c([B])c([B])c([B])c([B])c1[B])c1c([B])c([B])c([B])c([B])c1[B]. The zero-order chi connectivity index (χ0) is 71.9. The van der Waals surface area contributed by atoms with E-state index in [1.165, 1.54) is 17.9 Å². The van der Waals surface area contributed by atoms with Gasteiger partial charge in [-0.05, 0) is 22.8 Å². The van der Waals surface area contributed by atoms with Crippen molar-refractivity contribution in [2.24, 2.45) is 0 Å². The second-order valence-electron chi connectivity index (χ2n) is 22.9. The molecule has 0 N–H and O–H groups in total. The molecule has 0 spiro atoms. The van der Waals surface area contributed by atoms with Gasteiger partial charge >= 0.3 is 384 Å². The van der Waals surface area contributed by atoms with E-state index >= 15 is 0 Å². The molecular formula is C65H21B30N2. The molecule has 8 aromatic rings. The topological polar surface area (TPSA) is 6.48 Å². The van der Waals surface area contributed by atoms with Gasteiger partial charge in [-0.25, -0.2) is 0 Å². The third-order valence-electron chi connectivity index (χ3n) is 17.5. The van der Waals surface area contributed by atoms with Crippen LogP contribution in [0.1, 0.15) is 35.6 Å². The summed E-state index contributed by atoms with van der Waals surface area (Å²) >= 11 is 0. The number of hydrogen-bond donors (Lipinski definition) is 0. The van der Waals surface area contributed by atoms with E-state index in [-0.39, 0.29) is 228 Å². The molecule has 0 saturated heterocycles. The van der Waals surface area contributed by atoms with Crippen LogP contribution in [0.25, 0.3) is 54.6 Å². The van der Waals surface area contributed by atoms with Gasteiger partial charge in [0.15, 0.2) is 0 Å². The summed E-state index contributed by atoms with van der Waals surface area (Å²) in [5.41, 5.74) is -1.28. The van der Waals surface area contributed by atoms with Crippen LogP contribution in [0.5, 0.6) is 0 Å². The Morgan fingerprint density at radius 2 is 0.856 bits per heavy atom. The van der Waals surface area contributed by atoms with Crippen molar-refractivity contribution in [2.75, 3.05) is 9.80 Å². The molecule has 0 aromatic heterocycles. The van der Waals surface area contributed by atoms with Gasteiger partial charge in [0, 0.05) is 0 Å². The predicted molar refractivity (Wildman–Crippen MR) is 447 cm³/mol. The number of terminal acetylenes is 2. The van der Waals surface area contributed by atoms with Crippen LogP contribution in [0.4, 0.5) is 11.4 Å². The van der Waals surface area contributed by atoms with Gasteiger partial charge in [0.05, 0.1) is 15.7 Å². The minimum atomic E-state index is -0.451. The van der Waals surface area contributed by atoms with Crippen LogP contribution >= 0.6 is 0 Å². The van der Waals surface area contributed by atoms with Crippen LogP contribution in [0.15, 0.2) is 116 Å². The van der Waals surface area contributed by atoms with E-state index < -0.39 is 6.32 Å². The summed E-state index contributed by atoms with van der Waals surface area (Å²) < 4.78 is 0. The maximum atomic E-state index is 7.15. The van der Waals surface area contributed by atoms with Crippen molar-refractivity contribution in [1.82, 2.24) is 0 Å². The van der Waals surface area contributed by atoms with E-state index in [9.17, 15) is 0 Å². The molecule has 9 rings (SSSR count). The number of anilines is 2. The second kappa shape index (κ2) is 28.8. The number of hydrogen-bond acceptors (Lipinski definition) is 2. The molecule has 1 aliphatic carbocycles. The Balaban J connectivity index is 1.50. The third kappa shape index (κ3) is 12.5. The summed E-state index contributed by atoms with van der Waals surface area (Å²) in [4.78, 5) is 3.18. The first kappa shape index (κ1) is 74.5. The van der Waals surface area contributed by atoms with Crippen LogP contribution in [0.2, 0.25) is 12.6 Å². The molecule has 0 aliphatic heterocycles. The first-order valence-corrected chi connectivity index (χ1v) is 29.0. The summed E-state index contributed by atoms with van der Waals surface area (Å²) in [5.74, 6) is 5.16. The molecule has 59 radical (unpaired) electrons. The zero-order valence-corrected chi connectivity index (χ0v) is 52.8. The zero-order valence-electron chi connectivity index (χ0n) is 52.8. The molecule has 381 valence electrons. The van der Waals surface area contributed by atoms with Gasteiger partial charge in [0.25, 0.3) is 0 Å². The second-order valence-corrected chi connectivity index (χ2v) is 22.9. The monoisotopic (exact) mass is 1160 g/mol. The minimum Gasteiger partial charge on any atom is -0.112 e. The van der Waals surface area contributed by atoms with E-state index in [2.05, 4.69) is 11.8 Å². The van der Waals surface area contributed by atoms with Gasteiger partial charge in [0.2, 0.25) is 0 Å². The Bertz CT molecular complexity index is 5060. The largest absolute Gasteiger partial charge is 0.113 e. The fourth-order valence-corrected chi connectivity index (χ4v) is 12.2. The maximum absolute atomic E-state index is 7.15. The van der Waals surface area contributed by atoms with Crippen LogP contribution in [-0.4, -0.2) is 240 Å². The van der Waals surface area contributed by atoms with Crippen LogP contribution in [-0.2, 0) is 0 Å². The Morgan fingerprint density at radius 3 is 1.27 bits per heavy atom. The fourth-order valence-electron chi connectivity index (χ4n) is 12.2. The van der Waals surface area contributed by atoms with E-state index in [0.29, 0.717) is 43.6 Å². The van der Waals surface area contributed by atoms with E-state index in [0.717, 1.165) is 0 Å².